The fourth-order valence-electron chi connectivity index (χ4n) is 2.34. The summed E-state index contributed by atoms with van der Waals surface area (Å²) in [5.41, 5.74) is 2.72. The number of nitrogens with zero attached hydrogens (tertiary/aromatic N) is 1. The van der Waals surface area contributed by atoms with Gasteiger partial charge in [-0.1, -0.05) is 66.7 Å². The molecule has 0 unspecified atom stereocenters. The molecule has 0 aliphatic heterocycles. The molecule has 0 heterocycles. The minimum absolute atomic E-state index is 0.866. The van der Waals surface area contributed by atoms with Gasteiger partial charge in [-0.3, -0.25) is 4.90 Å². The Kier molecular flexibility index (Phi) is 6.72. The molecular formula is C19H24N2. The number of hydrogen-bond donors (Lipinski definition) is 1. The lowest BCUT2D eigenvalue weighted by Crippen LogP contribution is -2.31. The molecule has 0 spiro atoms. The molecule has 1 N–H and O–H groups in total. The van der Waals surface area contributed by atoms with E-state index in [2.05, 4.69) is 77.5 Å². The number of rotatable bonds is 9. The molecule has 0 amide bonds. The Morgan fingerprint density at radius 1 is 0.857 bits per heavy atom. The predicted octanol–water partition coefficient (Wildman–Crippen LogP) is 3.46. The molecule has 0 saturated heterocycles. The van der Waals surface area contributed by atoms with Crippen molar-refractivity contribution in [3.05, 3.63) is 84.4 Å². The molecule has 0 aliphatic carbocycles. The summed E-state index contributed by atoms with van der Waals surface area (Å²) in [6, 6.07) is 21.3. The van der Waals surface area contributed by atoms with Crippen LogP contribution in [0.4, 0.5) is 0 Å². The van der Waals surface area contributed by atoms with Crippen LogP contribution in [0.15, 0.2) is 73.3 Å². The summed E-state index contributed by atoms with van der Waals surface area (Å²) in [5.74, 6) is 0. The Labute approximate surface area is 128 Å². The largest absolute Gasteiger partial charge is 0.312 e. The van der Waals surface area contributed by atoms with Crippen LogP contribution in [0, 0.1) is 0 Å². The molecule has 0 atom stereocenters. The molecule has 2 heteroatoms. The number of benzene rings is 2. The highest BCUT2D eigenvalue weighted by atomic mass is 15.1. The Bertz CT molecular complexity index is 466. The monoisotopic (exact) mass is 280 g/mol. The summed E-state index contributed by atoms with van der Waals surface area (Å²) < 4.78 is 0. The standard InChI is InChI=1S/C19H24N2/c1-2-13-20-14-15-21(16-18-9-5-3-6-10-18)17-19-11-7-4-8-12-19/h2-12,20H,1,13-17H2. The third kappa shape index (κ3) is 5.94. The highest BCUT2D eigenvalue weighted by Crippen LogP contribution is 2.09. The van der Waals surface area contributed by atoms with Gasteiger partial charge >= 0.3 is 0 Å². The molecule has 2 aromatic rings. The molecular weight excluding hydrogens is 256 g/mol. The molecule has 0 radical (unpaired) electrons. The van der Waals surface area contributed by atoms with Gasteiger partial charge in [0.05, 0.1) is 0 Å². The van der Waals surface area contributed by atoms with Crippen LogP contribution in [0.5, 0.6) is 0 Å². The van der Waals surface area contributed by atoms with E-state index in [0.717, 1.165) is 32.7 Å². The van der Waals surface area contributed by atoms with E-state index in [9.17, 15) is 0 Å². The van der Waals surface area contributed by atoms with Crippen LogP contribution < -0.4 is 5.32 Å². The van der Waals surface area contributed by atoms with Gasteiger partial charge in [-0.05, 0) is 11.1 Å². The van der Waals surface area contributed by atoms with E-state index in [4.69, 9.17) is 0 Å². The number of hydrogen-bond acceptors (Lipinski definition) is 2. The first-order valence-corrected chi connectivity index (χ1v) is 7.50. The molecule has 0 aliphatic rings. The molecule has 0 aromatic heterocycles. The maximum Gasteiger partial charge on any atom is 0.0237 e. The van der Waals surface area contributed by atoms with Crippen molar-refractivity contribution in [1.29, 1.82) is 0 Å². The van der Waals surface area contributed by atoms with Gasteiger partial charge in [0.25, 0.3) is 0 Å². The third-order valence-electron chi connectivity index (χ3n) is 3.39. The maximum absolute atomic E-state index is 3.74. The lowest BCUT2D eigenvalue weighted by Gasteiger charge is -2.22. The van der Waals surface area contributed by atoms with Crippen LogP contribution in [0.1, 0.15) is 11.1 Å². The first kappa shape index (κ1) is 15.5. The Morgan fingerprint density at radius 2 is 1.38 bits per heavy atom. The summed E-state index contributed by atoms with van der Waals surface area (Å²) >= 11 is 0. The summed E-state index contributed by atoms with van der Waals surface area (Å²) in [6.07, 6.45) is 1.90. The summed E-state index contributed by atoms with van der Waals surface area (Å²) in [7, 11) is 0. The van der Waals surface area contributed by atoms with Crippen LogP contribution >= 0.6 is 0 Å². The zero-order valence-electron chi connectivity index (χ0n) is 12.5. The van der Waals surface area contributed by atoms with Crippen LogP contribution in [-0.4, -0.2) is 24.5 Å². The Balaban J connectivity index is 1.94. The summed E-state index contributed by atoms with van der Waals surface area (Å²) in [4.78, 5) is 2.47. The van der Waals surface area contributed by atoms with E-state index in [1.165, 1.54) is 11.1 Å². The van der Waals surface area contributed by atoms with Crippen molar-refractivity contribution in [3.63, 3.8) is 0 Å². The second kappa shape index (κ2) is 9.11. The second-order valence-corrected chi connectivity index (χ2v) is 5.17. The first-order valence-electron chi connectivity index (χ1n) is 7.50. The van der Waals surface area contributed by atoms with Gasteiger partial charge in [-0.25, -0.2) is 0 Å². The molecule has 2 rings (SSSR count). The van der Waals surface area contributed by atoms with E-state index >= 15 is 0 Å². The summed E-state index contributed by atoms with van der Waals surface area (Å²) in [5, 5.41) is 3.38. The highest BCUT2D eigenvalue weighted by Gasteiger charge is 2.06. The van der Waals surface area contributed by atoms with Crippen molar-refractivity contribution in [2.75, 3.05) is 19.6 Å². The fraction of sp³-hybridized carbons (Fsp3) is 0.263. The van der Waals surface area contributed by atoms with Gasteiger partial charge in [0.1, 0.15) is 0 Å². The van der Waals surface area contributed by atoms with E-state index < -0.39 is 0 Å². The van der Waals surface area contributed by atoms with Crippen LogP contribution in [0.2, 0.25) is 0 Å². The van der Waals surface area contributed by atoms with Gasteiger partial charge in [-0.15, -0.1) is 6.58 Å². The van der Waals surface area contributed by atoms with Crippen molar-refractivity contribution in [2.45, 2.75) is 13.1 Å². The molecule has 0 saturated carbocycles. The van der Waals surface area contributed by atoms with Gasteiger partial charge in [0, 0.05) is 32.7 Å². The average Bonchev–Trinajstić information content (AvgIpc) is 2.53. The van der Waals surface area contributed by atoms with Crippen molar-refractivity contribution >= 4 is 0 Å². The van der Waals surface area contributed by atoms with E-state index in [-0.39, 0.29) is 0 Å². The van der Waals surface area contributed by atoms with Crippen molar-refractivity contribution < 1.29 is 0 Å². The van der Waals surface area contributed by atoms with E-state index in [1.807, 2.05) is 6.08 Å². The van der Waals surface area contributed by atoms with Crippen LogP contribution in [-0.2, 0) is 13.1 Å². The maximum atomic E-state index is 3.74. The fourth-order valence-corrected chi connectivity index (χ4v) is 2.34. The lowest BCUT2D eigenvalue weighted by atomic mass is 10.1. The minimum atomic E-state index is 0.866. The highest BCUT2D eigenvalue weighted by molar-refractivity contribution is 5.17. The lowest BCUT2D eigenvalue weighted by molar-refractivity contribution is 0.257. The molecule has 0 fully saturated rings. The molecule has 2 nitrogen and oxygen atoms in total. The van der Waals surface area contributed by atoms with Gasteiger partial charge in [-0.2, -0.15) is 0 Å². The number of nitrogens with one attached hydrogen (secondary N) is 1. The van der Waals surface area contributed by atoms with Gasteiger partial charge < -0.3 is 5.32 Å². The van der Waals surface area contributed by atoms with Crippen molar-refractivity contribution in [1.82, 2.24) is 10.2 Å². The molecule has 21 heavy (non-hydrogen) atoms. The van der Waals surface area contributed by atoms with E-state index in [0.29, 0.717) is 0 Å². The van der Waals surface area contributed by atoms with Crippen molar-refractivity contribution in [3.8, 4) is 0 Å². The van der Waals surface area contributed by atoms with E-state index in [1.54, 1.807) is 0 Å². The zero-order chi connectivity index (χ0) is 14.8. The Morgan fingerprint density at radius 3 is 1.86 bits per heavy atom. The normalized spacial score (nSPS) is 10.7. The third-order valence-corrected chi connectivity index (χ3v) is 3.39. The van der Waals surface area contributed by atoms with Crippen molar-refractivity contribution in [2.24, 2.45) is 0 Å². The Hall–Kier alpha value is -1.90. The van der Waals surface area contributed by atoms with Crippen LogP contribution in [0.3, 0.4) is 0 Å². The van der Waals surface area contributed by atoms with Crippen LogP contribution in [0.25, 0.3) is 0 Å². The predicted molar refractivity (Wildman–Crippen MR) is 90.1 cm³/mol. The molecule has 0 bridgehead atoms. The molecule has 2 aromatic carbocycles. The smallest absolute Gasteiger partial charge is 0.0237 e. The van der Waals surface area contributed by atoms with Gasteiger partial charge in [0.2, 0.25) is 0 Å². The topological polar surface area (TPSA) is 15.3 Å². The molecule has 110 valence electrons. The second-order valence-electron chi connectivity index (χ2n) is 5.17. The average molecular weight is 280 g/mol. The zero-order valence-corrected chi connectivity index (χ0v) is 12.5. The SMILES string of the molecule is C=CCNCCN(Cc1ccccc1)Cc1ccccc1. The quantitative estimate of drug-likeness (QED) is 0.559. The first-order chi connectivity index (χ1) is 10.4. The minimum Gasteiger partial charge on any atom is -0.312 e. The van der Waals surface area contributed by atoms with Gasteiger partial charge in [0.15, 0.2) is 0 Å². The summed E-state index contributed by atoms with van der Waals surface area (Å²) in [6.45, 7) is 8.56.